The summed E-state index contributed by atoms with van der Waals surface area (Å²) in [6.45, 7) is 0.794. The van der Waals surface area contributed by atoms with E-state index in [4.69, 9.17) is 22.1 Å². The van der Waals surface area contributed by atoms with E-state index >= 15 is 0 Å². The Morgan fingerprint density at radius 3 is 2.48 bits per heavy atom. The fraction of sp³-hybridized carbons (Fsp3) is 0.182. The van der Waals surface area contributed by atoms with Gasteiger partial charge in [0, 0.05) is 6.54 Å². The number of amides is 1. The molecule has 0 aliphatic heterocycles. The van der Waals surface area contributed by atoms with E-state index in [2.05, 4.69) is 4.98 Å². The van der Waals surface area contributed by atoms with Crippen molar-refractivity contribution in [3.63, 3.8) is 0 Å². The molecule has 3 rings (SSSR count). The third-order valence-corrected chi connectivity index (χ3v) is 5.09. The highest BCUT2D eigenvalue weighted by atomic mass is 35.5. The zero-order chi connectivity index (χ0) is 24.1. The van der Waals surface area contributed by atoms with Gasteiger partial charge in [-0.25, -0.2) is 14.0 Å². The number of hydrogen-bond acceptors (Lipinski definition) is 6. The molecule has 0 aliphatic rings. The zero-order valence-electron chi connectivity index (χ0n) is 17.5. The van der Waals surface area contributed by atoms with E-state index in [0.29, 0.717) is 0 Å². The van der Waals surface area contributed by atoms with Crippen molar-refractivity contribution in [2.24, 2.45) is 0 Å². The lowest BCUT2D eigenvalue weighted by Gasteiger charge is -2.23. The molecule has 9 nitrogen and oxygen atoms in total. The highest BCUT2D eigenvalue weighted by molar-refractivity contribution is 6.33. The predicted molar refractivity (Wildman–Crippen MR) is 121 cm³/mol. The number of nitrogen functional groups attached to an aromatic ring is 1. The molecule has 1 amide bonds. The van der Waals surface area contributed by atoms with E-state index in [0.717, 1.165) is 21.1 Å². The van der Waals surface area contributed by atoms with Crippen molar-refractivity contribution in [1.29, 1.82) is 0 Å². The van der Waals surface area contributed by atoms with Crippen LogP contribution in [0.5, 0.6) is 0 Å². The Morgan fingerprint density at radius 2 is 1.85 bits per heavy atom. The minimum Gasteiger partial charge on any atom is -0.452 e. The highest BCUT2D eigenvalue weighted by Crippen LogP contribution is 2.21. The number of aromatic amines is 1. The van der Waals surface area contributed by atoms with Crippen molar-refractivity contribution >= 4 is 35.0 Å². The van der Waals surface area contributed by atoms with Crippen molar-refractivity contribution in [1.82, 2.24) is 9.55 Å². The fourth-order valence-electron chi connectivity index (χ4n) is 3.19. The van der Waals surface area contributed by atoms with Crippen LogP contribution in [0.2, 0.25) is 5.02 Å². The van der Waals surface area contributed by atoms with Gasteiger partial charge in [-0.2, -0.15) is 0 Å². The van der Waals surface area contributed by atoms with Crippen molar-refractivity contribution in [2.45, 2.75) is 13.5 Å². The van der Waals surface area contributed by atoms with Gasteiger partial charge in [0.25, 0.3) is 11.5 Å². The average Bonchev–Trinajstić information content (AvgIpc) is 2.78. The third kappa shape index (κ3) is 5.12. The number of nitrogens with one attached hydrogen (secondary N) is 1. The van der Waals surface area contributed by atoms with E-state index < -0.39 is 41.1 Å². The van der Waals surface area contributed by atoms with Crippen LogP contribution in [0.15, 0.2) is 58.1 Å². The molecule has 0 atom stereocenters. The van der Waals surface area contributed by atoms with E-state index in [1.807, 2.05) is 0 Å². The van der Waals surface area contributed by atoms with Crippen LogP contribution in [0.1, 0.15) is 22.8 Å². The zero-order valence-corrected chi connectivity index (χ0v) is 18.3. The van der Waals surface area contributed by atoms with Gasteiger partial charge in [-0.1, -0.05) is 48.0 Å². The summed E-state index contributed by atoms with van der Waals surface area (Å²) >= 11 is 5.84. The van der Waals surface area contributed by atoms with Crippen LogP contribution in [0.4, 0.5) is 15.9 Å². The van der Waals surface area contributed by atoms with E-state index in [9.17, 15) is 23.6 Å². The maximum Gasteiger partial charge on any atom is 0.343 e. The number of H-pyrrole nitrogens is 1. The SMILES string of the molecule is CCN(C(=O)COC(=O)c1c(F)cccc1Cl)c1c(N)n(Cc2ccccc2)c(=O)[nH]c1=O. The molecular formula is C22H20ClFN4O5. The Balaban J connectivity index is 1.87. The standard InChI is InChI=1S/C22H20ClFN4O5/c1-2-27(16(29)12-33-21(31)17-14(23)9-6-10-15(17)24)18-19(25)28(22(32)26-20(18)30)11-13-7-4-3-5-8-13/h3-10H,2,11-12,25H2,1H3,(H,26,30,32). The molecule has 0 spiro atoms. The molecular weight excluding hydrogens is 455 g/mol. The molecule has 3 aromatic rings. The smallest absolute Gasteiger partial charge is 0.343 e. The van der Waals surface area contributed by atoms with Crippen LogP contribution in [0, 0.1) is 5.82 Å². The summed E-state index contributed by atoms with van der Waals surface area (Å²) < 4.78 is 19.9. The molecule has 11 heteroatoms. The number of carbonyl (C=O) groups is 2. The predicted octanol–water partition coefficient (Wildman–Crippen LogP) is 2.17. The largest absolute Gasteiger partial charge is 0.452 e. The number of likely N-dealkylation sites (N-methyl/N-ethyl adjacent to an activating group) is 1. The molecule has 1 heterocycles. The fourth-order valence-corrected chi connectivity index (χ4v) is 3.43. The molecule has 0 unspecified atom stereocenters. The van der Waals surface area contributed by atoms with Crippen LogP contribution in [0.3, 0.4) is 0 Å². The first kappa shape index (κ1) is 23.7. The van der Waals surface area contributed by atoms with Gasteiger partial charge in [-0.05, 0) is 24.6 Å². The molecule has 0 fully saturated rings. The highest BCUT2D eigenvalue weighted by Gasteiger charge is 2.25. The van der Waals surface area contributed by atoms with Crippen LogP contribution >= 0.6 is 11.6 Å². The summed E-state index contributed by atoms with van der Waals surface area (Å²) in [5, 5.41) is -0.173. The molecule has 3 N–H and O–H groups in total. The number of hydrogen-bond donors (Lipinski definition) is 2. The number of anilines is 2. The number of rotatable bonds is 7. The van der Waals surface area contributed by atoms with Crippen molar-refractivity contribution in [2.75, 3.05) is 23.8 Å². The molecule has 0 radical (unpaired) electrons. The van der Waals surface area contributed by atoms with Crippen LogP contribution in [-0.2, 0) is 16.1 Å². The minimum atomic E-state index is -1.14. The summed E-state index contributed by atoms with van der Waals surface area (Å²) in [6.07, 6.45) is 0. The van der Waals surface area contributed by atoms with Gasteiger partial charge < -0.3 is 15.4 Å². The number of esters is 1. The first-order chi connectivity index (χ1) is 15.7. The van der Waals surface area contributed by atoms with Crippen molar-refractivity contribution < 1.29 is 18.7 Å². The minimum absolute atomic E-state index is 0.0202. The van der Waals surface area contributed by atoms with Crippen LogP contribution in [0.25, 0.3) is 0 Å². The molecule has 0 aliphatic carbocycles. The van der Waals surface area contributed by atoms with E-state index in [-0.39, 0.29) is 29.6 Å². The normalized spacial score (nSPS) is 10.6. The second-order valence-electron chi connectivity index (χ2n) is 6.88. The number of nitrogens with two attached hydrogens (primary N) is 1. The van der Waals surface area contributed by atoms with Crippen LogP contribution < -0.4 is 21.9 Å². The molecule has 0 bridgehead atoms. The topological polar surface area (TPSA) is 127 Å². The molecule has 2 aromatic carbocycles. The lowest BCUT2D eigenvalue weighted by atomic mass is 10.2. The Bertz CT molecular complexity index is 1290. The Morgan fingerprint density at radius 1 is 1.15 bits per heavy atom. The van der Waals surface area contributed by atoms with Gasteiger partial charge in [-0.15, -0.1) is 0 Å². The van der Waals surface area contributed by atoms with Crippen molar-refractivity contribution in [3.8, 4) is 0 Å². The number of nitrogens with zero attached hydrogens (tertiary/aromatic N) is 2. The van der Waals surface area contributed by atoms with Crippen molar-refractivity contribution in [3.05, 3.63) is 91.3 Å². The summed E-state index contributed by atoms with van der Waals surface area (Å²) in [6, 6.07) is 12.6. The maximum absolute atomic E-state index is 13.9. The van der Waals surface area contributed by atoms with Crippen LogP contribution in [-0.4, -0.2) is 34.6 Å². The summed E-state index contributed by atoms with van der Waals surface area (Å²) in [4.78, 5) is 53.0. The Hall–Kier alpha value is -3.92. The first-order valence-corrected chi connectivity index (χ1v) is 10.2. The maximum atomic E-state index is 13.9. The van der Waals surface area contributed by atoms with Gasteiger partial charge in [0.1, 0.15) is 17.2 Å². The molecule has 0 saturated heterocycles. The Kier molecular flexibility index (Phi) is 7.29. The molecule has 172 valence electrons. The number of aromatic nitrogens is 2. The van der Waals surface area contributed by atoms with E-state index in [1.165, 1.54) is 12.1 Å². The third-order valence-electron chi connectivity index (χ3n) is 4.78. The number of carbonyl (C=O) groups excluding carboxylic acids is 2. The van der Waals surface area contributed by atoms with Gasteiger partial charge >= 0.3 is 11.7 Å². The number of ether oxygens (including phenoxy) is 1. The summed E-state index contributed by atoms with van der Waals surface area (Å²) in [5.41, 5.74) is 4.46. The number of benzene rings is 2. The quantitative estimate of drug-likeness (QED) is 0.505. The molecule has 33 heavy (non-hydrogen) atoms. The van der Waals surface area contributed by atoms with E-state index in [1.54, 1.807) is 37.3 Å². The summed E-state index contributed by atoms with van der Waals surface area (Å²) in [5.74, 6) is -3.08. The lowest BCUT2D eigenvalue weighted by molar-refractivity contribution is -0.121. The second-order valence-corrected chi connectivity index (χ2v) is 7.28. The van der Waals surface area contributed by atoms with Gasteiger partial charge in [0.15, 0.2) is 12.3 Å². The first-order valence-electron chi connectivity index (χ1n) is 9.82. The van der Waals surface area contributed by atoms with Gasteiger partial charge in [-0.3, -0.25) is 19.1 Å². The second kappa shape index (κ2) is 10.1. The molecule has 1 aromatic heterocycles. The lowest BCUT2D eigenvalue weighted by Crippen LogP contribution is -2.42. The van der Waals surface area contributed by atoms with Gasteiger partial charge in [0.05, 0.1) is 11.6 Å². The Labute approximate surface area is 192 Å². The molecule has 0 saturated carbocycles. The monoisotopic (exact) mass is 474 g/mol. The number of halogens is 2. The average molecular weight is 475 g/mol. The summed E-state index contributed by atoms with van der Waals surface area (Å²) in [7, 11) is 0. The van der Waals surface area contributed by atoms with Gasteiger partial charge in [0.2, 0.25) is 0 Å².